The molecule has 0 unspecified atom stereocenters. The fourth-order valence-electron chi connectivity index (χ4n) is 7.75. The van der Waals surface area contributed by atoms with E-state index in [0.29, 0.717) is 70.2 Å². The summed E-state index contributed by atoms with van der Waals surface area (Å²) in [5, 5.41) is 30.1. The highest BCUT2D eigenvalue weighted by molar-refractivity contribution is 5.96. The summed E-state index contributed by atoms with van der Waals surface area (Å²) in [5.74, 6) is -3.34. The summed E-state index contributed by atoms with van der Waals surface area (Å²) < 4.78 is 1.72. The van der Waals surface area contributed by atoms with Gasteiger partial charge in [0.25, 0.3) is 0 Å². The second-order valence-electron chi connectivity index (χ2n) is 16.3. The summed E-state index contributed by atoms with van der Waals surface area (Å²) in [7, 11) is 0. The van der Waals surface area contributed by atoms with Gasteiger partial charge >= 0.3 is 0 Å². The van der Waals surface area contributed by atoms with E-state index in [4.69, 9.17) is 16.9 Å². The number of carbonyl (C=O) groups is 6. The van der Waals surface area contributed by atoms with Gasteiger partial charge in [0.05, 0.1) is 5.69 Å². The lowest BCUT2D eigenvalue weighted by Crippen LogP contribution is -2.61. The minimum atomic E-state index is -1.13. The van der Waals surface area contributed by atoms with E-state index in [0.717, 1.165) is 32.1 Å². The van der Waals surface area contributed by atoms with Crippen molar-refractivity contribution in [1.29, 1.82) is 5.41 Å². The zero-order valence-corrected chi connectivity index (χ0v) is 32.7. The van der Waals surface area contributed by atoms with Gasteiger partial charge in [0.1, 0.15) is 30.2 Å². The van der Waals surface area contributed by atoms with Gasteiger partial charge in [0, 0.05) is 32.3 Å². The molecule has 6 amide bonds. The summed E-state index contributed by atoms with van der Waals surface area (Å²) >= 11 is 0. The van der Waals surface area contributed by atoms with Crippen LogP contribution in [0.15, 0.2) is 6.20 Å². The van der Waals surface area contributed by atoms with Crippen molar-refractivity contribution in [2.45, 2.75) is 154 Å². The first kappa shape index (κ1) is 43.0. The first-order chi connectivity index (χ1) is 26.1. The monoisotopic (exact) mass is 770 g/mol. The molecule has 55 heavy (non-hydrogen) atoms. The van der Waals surface area contributed by atoms with Crippen molar-refractivity contribution in [2.24, 2.45) is 22.8 Å². The van der Waals surface area contributed by atoms with Crippen LogP contribution >= 0.6 is 0 Å². The number of carbonyl (C=O) groups excluding carboxylic acids is 6. The molecule has 1 saturated carbocycles. The molecule has 3 heterocycles. The van der Waals surface area contributed by atoms with Crippen LogP contribution in [0, 0.1) is 16.7 Å². The number of nitrogens with zero attached hydrogens (tertiary/aromatic N) is 4. The van der Waals surface area contributed by atoms with E-state index in [1.165, 1.54) is 0 Å². The number of hydrogen-bond donors (Lipinski definition) is 8. The van der Waals surface area contributed by atoms with E-state index in [2.05, 4.69) is 36.9 Å². The largest absolute Gasteiger partial charge is 0.370 e. The molecule has 0 radical (unpaired) electrons. The molecule has 4 rings (SSSR count). The maximum atomic E-state index is 14.3. The van der Waals surface area contributed by atoms with Crippen molar-refractivity contribution in [3.05, 3.63) is 11.9 Å². The van der Waals surface area contributed by atoms with Crippen LogP contribution in [0.25, 0.3) is 0 Å². The summed E-state index contributed by atoms with van der Waals surface area (Å²) in [6.45, 7) is 6.57. The maximum absolute atomic E-state index is 14.3. The minimum Gasteiger partial charge on any atom is -0.370 e. The summed E-state index contributed by atoms with van der Waals surface area (Å²) in [4.78, 5) is 83.3. The molecule has 10 N–H and O–H groups in total. The van der Waals surface area contributed by atoms with Crippen molar-refractivity contribution < 1.29 is 28.8 Å². The van der Waals surface area contributed by atoms with Gasteiger partial charge in [-0.1, -0.05) is 45.2 Å². The number of fused-ring (bicyclic) bond motifs is 3. The van der Waals surface area contributed by atoms with Gasteiger partial charge in [-0.3, -0.25) is 38.9 Å². The van der Waals surface area contributed by atoms with Crippen LogP contribution in [-0.2, 0) is 41.7 Å². The van der Waals surface area contributed by atoms with Crippen molar-refractivity contribution in [3.63, 3.8) is 0 Å². The third kappa shape index (κ3) is 12.9. The Bertz CT molecular complexity index is 1520. The van der Waals surface area contributed by atoms with Gasteiger partial charge < -0.3 is 43.0 Å². The van der Waals surface area contributed by atoms with Crippen molar-refractivity contribution in [2.75, 3.05) is 13.1 Å². The number of hydrogen-bond acceptors (Lipinski definition) is 9. The van der Waals surface area contributed by atoms with E-state index in [1.807, 2.05) is 6.20 Å². The molecule has 3 aliphatic rings. The summed E-state index contributed by atoms with van der Waals surface area (Å²) in [6, 6.07) is -4.87. The van der Waals surface area contributed by atoms with Crippen LogP contribution in [0.5, 0.6) is 0 Å². The van der Waals surface area contributed by atoms with Gasteiger partial charge in [0.2, 0.25) is 35.4 Å². The second kappa shape index (κ2) is 20.2. The molecular formula is C37H62N12O6. The smallest absolute Gasteiger partial charge is 0.243 e. The summed E-state index contributed by atoms with van der Waals surface area (Å²) in [6.07, 6.45) is 10.5. The topological polar surface area (TPSA) is 272 Å². The van der Waals surface area contributed by atoms with E-state index in [9.17, 15) is 28.8 Å². The third-order valence-corrected chi connectivity index (χ3v) is 10.8. The van der Waals surface area contributed by atoms with E-state index in [-0.39, 0.29) is 43.1 Å². The number of primary amides is 1. The molecule has 1 aromatic rings. The van der Waals surface area contributed by atoms with Gasteiger partial charge in [-0.05, 0) is 82.0 Å². The fourth-order valence-corrected chi connectivity index (χ4v) is 7.75. The Hall–Kier alpha value is -4.77. The molecule has 1 aromatic heterocycles. The predicted octanol–water partition coefficient (Wildman–Crippen LogP) is 0.0899. The lowest BCUT2D eigenvalue weighted by atomic mass is 9.83. The third-order valence-electron chi connectivity index (χ3n) is 10.8. The molecule has 0 aromatic carbocycles. The Morgan fingerprint density at radius 2 is 1.65 bits per heavy atom. The molecule has 18 heteroatoms. The Morgan fingerprint density at radius 1 is 0.909 bits per heavy atom. The average molecular weight is 771 g/mol. The second-order valence-corrected chi connectivity index (χ2v) is 16.3. The first-order valence-corrected chi connectivity index (χ1v) is 19.9. The first-order valence-electron chi connectivity index (χ1n) is 19.9. The van der Waals surface area contributed by atoms with Gasteiger partial charge in [0.15, 0.2) is 5.96 Å². The maximum Gasteiger partial charge on any atom is 0.243 e. The van der Waals surface area contributed by atoms with Crippen LogP contribution in [0.4, 0.5) is 0 Å². The van der Waals surface area contributed by atoms with E-state index in [1.54, 1.807) is 30.4 Å². The van der Waals surface area contributed by atoms with Crippen LogP contribution < -0.4 is 38.1 Å². The zero-order valence-electron chi connectivity index (χ0n) is 32.7. The van der Waals surface area contributed by atoms with Gasteiger partial charge in [-0.15, -0.1) is 5.10 Å². The van der Waals surface area contributed by atoms with Crippen LogP contribution in [-0.4, -0.2) is 105 Å². The van der Waals surface area contributed by atoms with E-state index >= 15 is 0 Å². The van der Waals surface area contributed by atoms with Crippen LogP contribution in [0.2, 0.25) is 0 Å². The number of amides is 6. The number of nitrogens with one attached hydrogen (secondary N) is 6. The lowest BCUT2D eigenvalue weighted by Gasteiger charge is -2.33. The molecule has 5 atom stereocenters. The molecular weight excluding hydrogens is 708 g/mol. The molecule has 2 fully saturated rings. The van der Waals surface area contributed by atoms with E-state index < -0.39 is 59.3 Å². The van der Waals surface area contributed by atoms with Gasteiger partial charge in [-0.2, -0.15) is 0 Å². The molecule has 2 aliphatic heterocycles. The number of aromatic nitrogens is 3. The minimum absolute atomic E-state index is 0.0921. The predicted molar refractivity (Wildman–Crippen MR) is 204 cm³/mol. The molecule has 1 aliphatic carbocycles. The number of aryl methyl sites for hydroxylation is 2. The highest BCUT2D eigenvalue weighted by atomic mass is 16.2. The average Bonchev–Trinajstić information content (AvgIpc) is 3.81. The Morgan fingerprint density at radius 3 is 2.35 bits per heavy atom. The summed E-state index contributed by atoms with van der Waals surface area (Å²) in [5.41, 5.74) is 11.1. The molecule has 18 nitrogen and oxygen atoms in total. The number of nitrogens with two attached hydrogens (primary N) is 2. The Labute approximate surface area is 323 Å². The highest BCUT2D eigenvalue weighted by Crippen LogP contribution is 2.28. The Balaban J connectivity index is 1.61. The standard InChI is InChI=1S/C37H62N12O6/c1-37(2,3)30(31(38)51)45-33(53)26(16-10-19-41-36(39)40)42-32(52)25-15-9-14-24-22-48(47-46-24)20-8-7-18-28(50)49-21-11-17-27(49)34(54)44-29(35(55)43-25)23-12-5-4-6-13-23/h22-23,25-27,29-30H,4-21H2,1-3H3,(H2,38,51)(H,42,52)(H,43,55)(H,44,54)(H,45,53)(H4,39,40,41)/t25-,26-,27-,29-,30+/m0/s1. The molecule has 2 bridgehead atoms. The fraction of sp³-hybridized carbons (Fsp3) is 0.757. The van der Waals surface area contributed by atoms with Crippen molar-refractivity contribution in [3.8, 4) is 0 Å². The van der Waals surface area contributed by atoms with Gasteiger partial charge in [-0.25, -0.2) is 0 Å². The van der Waals surface area contributed by atoms with Crippen LogP contribution in [0.1, 0.15) is 116 Å². The normalized spacial score (nSPS) is 23.4. The quantitative estimate of drug-likeness (QED) is 0.0902. The lowest BCUT2D eigenvalue weighted by molar-refractivity contribution is -0.140. The molecule has 1 saturated heterocycles. The zero-order chi connectivity index (χ0) is 40.1. The number of rotatable bonds is 10. The number of guanidine groups is 1. The SMILES string of the molecule is CC(C)(C)[C@H](NC(=O)[C@H](CCCNC(=N)N)NC(=O)[C@@H]1CCCc2cn(nn2)CCCCC(=O)N2CCC[C@H]2C(=O)N[C@@H](C2CCCCC2)C(=O)N1)C(N)=O. The van der Waals surface area contributed by atoms with Crippen molar-refractivity contribution in [1.82, 2.24) is 46.5 Å². The highest BCUT2D eigenvalue weighted by Gasteiger charge is 2.40. The molecule has 306 valence electrons. The molecule has 0 spiro atoms. The Kier molecular flexibility index (Phi) is 15.8. The van der Waals surface area contributed by atoms with Crippen LogP contribution in [0.3, 0.4) is 0 Å². The van der Waals surface area contributed by atoms with Crippen molar-refractivity contribution >= 4 is 41.4 Å².